The topological polar surface area (TPSA) is 29.3 Å². The zero-order valence-electron chi connectivity index (χ0n) is 9.33. The molecule has 0 saturated carbocycles. The van der Waals surface area contributed by atoms with Crippen molar-refractivity contribution in [1.29, 1.82) is 0 Å². The van der Waals surface area contributed by atoms with Crippen molar-refractivity contribution in [2.45, 2.75) is 25.8 Å². The van der Waals surface area contributed by atoms with Crippen LogP contribution in [0.2, 0.25) is 0 Å². The quantitative estimate of drug-likeness (QED) is 0.792. The minimum absolute atomic E-state index is 0.107. The highest BCUT2D eigenvalue weighted by Crippen LogP contribution is 2.15. The summed E-state index contributed by atoms with van der Waals surface area (Å²) in [5.41, 5.74) is 7.23. The zero-order valence-corrected chi connectivity index (χ0v) is 9.33. The molecule has 0 aromatic heterocycles. The molecule has 0 spiro atoms. The third kappa shape index (κ3) is 3.04. The number of benzene rings is 1. The van der Waals surface area contributed by atoms with E-state index in [0.29, 0.717) is 0 Å². The van der Waals surface area contributed by atoms with E-state index in [1.54, 1.807) is 0 Å². The highest BCUT2D eigenvalue weighted by atomic mass is 15.1. The summed E-state index contributed by atoms with van der Waals surface area (Å²) in [4.78, 5) is 2.20. The molecule has 0 aliphatic carbocycles. The van der Waals surface area contributed by atoms with E-state index >= 15 is 0 Å². The molecule has 2 heteroatoms. The maximum absolute atomic E-state index is 6.11. The number of likely N-dealkylation sites (N-methyl/N-ethyl adjacent to an activating group) is 1. The largest absolute Gasteiger partial charge is 0.373 e. The van der Waals surface area contributed by atoms with Gasteiger partial charge in [0.15, 0.2) is 0 Å². The van der Waals surface area contributed by atoms with Crippen LogP contribution in [0.5, 0.6) is 0 Å². The number of hydrogen-bond donors (Lipinski definition) is 1. The Labute approximate surface area is 86.7 Å². The SMILES string of the molecule is CCC(C)(N)CN(C)c1ccccc1. The summed E-state index contributed by atoms with van der Waals surface area (Å²) in [6, 6.07) is 10.3. The van der Waals surface area contributed by atoms with Gasteiger partial charge in [0.1, 0.15) is 0 Å². The highest BCUT2D eigenvalue weighted by molar-refractivity contribution is 5.45. The van der Waals surface area contributed by atoms with Crippen LogP contribution in [0.3, 0.4) is 0 Å². The van der Waals surface area contributed by atoms with Crippen molar-refractivity contribution >= 4 is 5.69 Å². The first-order chi connectivity index (χ1) is 6.55. The first-order valence-corrected chi connectivity index (χ1v) is 5.10. The molecule has 2 N–H and O–H groups in total. The fourth-order valence-electron chi connectivity index (χ4n) is 1.43. The lowest BCUT2D eigenvalue weighted by Crippen LogP contribution is -2.46. The number of nitrogens with zero attached hydrogens (tertiary/aromatic N) is 1. The highest BCUT2D eigenvalue weighted by Gasteiger charge is 2.17. The molecule has 1 rings (SSSR count). The normalized spacial score (nSPS) is 14.9. The first-order valence-electron chi connectivity index (χ1n) is 5.10. The summed E-state index contributed by atoms with van der Waals surface area (Å²) in [7, 11) is 2.08. The summed E-state index contributed by atoms with van der Waals surface area (Å²) in [6.07, 6.45) is 0.990. The van der Waals surface area contributed by atoms with Crippen molar-refractivity contribution in [3.63, 3.8) is 0 Å². The van der Waals surface area contributed by atoms with Crippen LogP contribution in [0, 0.1) is 0 Å². The molecular formula is C12H20N2. The zero-order chi connectivity index (χ0) is 10.6. The van der Waals surface area contributed by atoms with Crippen molar-refractivity contribution in [3.8, 4) is 0 Å². The minimum atomic E-state index is -0.107. The lowest BCUT2D eigenvalue weighted by molar-refractivity contribution is 0.455. The van der Waals surface area contributed by atoms with Gasteiger partial charge >= 0.3 is 0 Å². The Hall–Kier alpha value is -1.02. The molecular weight excluding hydrogens is 172 g/mol. The maximum Gasteiger partial charge on any atom is 0.0364 e. The summed E-state index contributed by atoms with van der Waals surface area (Å²) in [6.45, 7) is 5.10. The van der Waals surface area contributed by atoms with Gasteiger partial charge in [-0.2, -0.15) is 0 Å². The van der Waals surface area contributed by atoms with Crippen molar-refractivity contribution in [1.82, 2.24) is 0 Å². The van der Waals surface area contributed by atoms with E-state index in [0.717, 1.165) is 13.0 Å². The second-order valence-electron chi connectivity index (χ2n) is 4.20. The Morgan fingerprint density at radius 3 is 2.36 bits per heavy atom. The monoisotopic (exact) mass is 192 g/mol. The third-order valence-electron chi connectivity index (χ3n) is 2.60. The number of anilines is 1. The van der Waals surface area contributed by atoms with Gasteiger partial charge in [-0.1, -0.05) is 25.1 Å². The van der Waals surface area contributed by atoms with E-state index in [-0.39, 0.29) is 5.54 Å². The average molecular weight is 192 g/mol. The minimum Gasteiger partial charge on any atom is -0.373 e. The van der Waals surface area contributed by atoms with Crippen molar-refractivity contribution in [3.05, 3.63) is 30.3 Å². The molecule has 1 aromatic carbocycles. The van der Waals surface area contributed by atoms with E-state index in [4.69, 9.17) is 5.73 Å². The Kier molecular flexibility index (Phi) is 3.53. The van der Waals surface area contributed by atoms with Crippen LogP contribution in [-0.2, 0) is 0 Å². The van der Waals surface area contributed by atoms with Crippen LogP contribution in [-0.4, -0.2) is 19.1 Å². The van der Waals surface area contributed by atoms with Gasteiger partial charge in [-0.05, 0) is 25.5 Å². The van der Waals surface area contributed by atoms with Gasteiger partial charge in [0.25, 0.3) is 0 Å². The predicted octanol–water partition coefficient (Wildman–Crippen LogP) is 2.25. The molecule has 0 aliphatic rings. The van der Waals surface area contributed by atoms with Gasteiger partial charge in [-0.3, -0.25) is 0 Å². The smallest absolute Gasteiger partial charge is 0.0364 e. The van der Waals surface area contributed by atoms with Gasteiger partial charge in [-0.15, -0.1) is 0 Å². The van der Waals surface area contributed by atoms with Gasteiger partial charge < -0.3 is 10.6 Å². The van der Waals surface area contributed by atoms with Gasteiger partial charge in [0, 0.05) is 24.8 Å². The van der Waals surface area contributed by atoms with Crippen LogP contribution in [0.1, 0.15) is 20.3 Å². The summed E-state index contributed by atoms with van der Waals surface area (Å²) >= 11 is 0. The van der Waals surface area contributed by atoms with Crippen LogP contribution in [0.4, 0.5) is 5.69 Å². The molecule has 2 nitrogen and oxygen atoms in total. The molecule has 0 saturated heterocycles. The van der Waals surface area contributed by atoms with Crippen LogP contribution in [0.15, 0.2) is 30.3 Å². The standard InChI is InChI=1S/C12H20N2/c1-4-12(2,13)10-14(3)11-8-6-5-7-9-11/h5-9H,4,10,13H2,1-3H3. The predicted molar refractivity (Wildman–Crippen MR) is 62.6 cm³/mol. The number of nitrogens with two attached hydrogens (primary N) is 1. The average Bonchev–Trinajstić information content (AvgIpc) is 2.19. The molecule has 0 bridgehead atoms. The van der Waals surface area contributed by atoms with Crippen LogP contribution < -0.4 is 10.6 Å². The van der Waals surface area contributed by atoms with Crippen molar-refractivity contribution in [2.24, 2.45) is 5.73 Å². The van der Waals surface area contributed by atoms with Crippen LogP contribution >= 0.6 is 0 Å². The molecule has 0 aliphatic heterocycles. The van der Waals surface area contributed by atoms with Gasteiger partial charge in [0.2, 0.25) is 0 Å². The lowest BCUT2D eigenvalue weighted by atomic mass is 10.00. The number of rotatable bonds is 4. The van der Waals surface area contributed by atoms with E-state index in [2.05, 4.69) is 37.9 Å². The third-order valence-corrected chi connectivity index (χ3v) is 2.60. The molecule has 0 amide bonds. The Bertz CT molecular complexity index is 267. The Morgan fingerprint density at radius 2 is 1.86 bits per heavy atom. The molecule has 1 unspecified atom stereocenters. The van der Waals surface area contributed by atoms with E-state index < -0.39 is 0 Å². The molecule has 14 heavy (non-hydrogen) atoms. The molecule has 0 fully saturated rings. The van der Waals surface area contributed by atoms with Crippen molar-refractivity contribution in [2.75, 3.05) is 18.5 Å². The van der Waals surface area contributed by atoms with Crippen molar-refractivity contribution < 1.29 is 0 Å². The molecule has 1 aromatic rings. The second kappa shape index (κ2) is 4.47. The summed E-state index contributed by atoms with van der Waals surface area (Å²) < 4.78 is 0. The first kappa shape index (κ1) is 11.1. The molecule has 0 heterocycles. The lowest BCUT2D eigenvalue weighted by Gasteiger charge is -2.30. The molecule has 1 atom stereocenters. The summed E-state index contributed by atoms with van der Waals surface area (Å²) in [5.74, 6) is 0. The second-order valence-corrected chi connectivity index (χ2v) is 4.20. The van der Waals surface area contributed by atoms with Gasteiger partial charge in [-0.25, -0.2) is 0 Å². The van der Waals surface area contributed by atoms with E-state index in [9.17, 15) is 0 Å². The fourth-order valence-corrected chi connectivity index (χ4v) is 1.43. The van der Waals surface area contributed by atoms with E-state index in [1.165, 1.54) is 5.69 Å². The Balaban J connectivity index is 2.64. The number of para-hydroxylation sites is 1. The Morgan fingerprint density at radius 1 is 1.29 bits per heavy atom. The molecule has 78 valence electrons. The fraction of sp³-hybridized carbons (Fsp3) is 0.500. The molecule has 0 radical (unpaired) electrons. The van der Waals surface area contributed by atoms with E-state index in [1.807, 2.05) is 18.2 Å². The van der Waals surface area contributed by atoms with Crippen LogP contribution in [0.25, 0.3) is 0 Å². The number of hydrogen-bond acceptors (Lipinski definition) is 2. The van der Waals surface area contributed by atoms with Gasteiger partial charge in [0.05, 0.1) is 0 Å². The summed E-state index contributed by atoms with van der Waals surface area (Å²) in [5, 5.41) is 0. The maximum atomic E-state index is 6.11.